The molecule has 0 aromatic heterocycles. The third-order valence-corrected chi connectivity index (χ3v) is 5.69. The number of carbonyl (C=O) groups excluding carboxylic acids is 2. The van der Waals surface area contributed by atoms with Gasteiger partial charge in [0.05, 0.1) is 0 Å². The Kier molecular flexibility index (Phi) is 8.25. The molecule has 0 heterocycles. The highest BCUT2D eigenvalue weighted by atomic mass is 16.5. The number of benzene rings is 2. The molecule has 2 aromatic rings. The summed E-state index contributed by atoms with van der Waals surface area (Å²) >= 11 is 0. The SMILES string of the molecule is C[C@H](NC(=O)CCCCCCNC(=O)OCC1c2ccccc2-c2ccccc21)C(=O)O. The lowest BCUT2D eigenvalue weighted by Crippen LogP contribution is -2.38. The molecule has 0 spiro atoms. The molecule has 1 aliphatic rings. The van der Waals surface area contributed by atoms with Crippen LogP contribution in [0.5, 0.6) is 0 Å². The average Bonchev–Trinajstić information content (AvgIpc) is 3.10. The number of hydrogen-bond donors (Lipinski definition) is 3. The fourth-order valence-electron chi connectivity index (χ4n) is 3.98. The summed E-state index contributed by atoms with van der Waals surface area (Å²) in [5, 5.41) is 14.0. The molecule has 3 rings (SSSR count). The van der Waals surface area contributed by atoms with Crippen molar-refractivity contribution in [2.24, 2.45) is 0 Å². The third kappa shape index (κ3) is 6.09. The zero-order chi connectivity index (χ0) is 22.9. The number of nitrogens with one attached hydrogen (secondary N) is 2. The van der Waals surface area contributed by atoms with Crippen LogP contribution in [0.3, 0.4) is 0 Å². The van der Waals surface area contributed by atoms with E-state index >= 15 is 0 Å². The van der Waals surface area contributed by atoms with Crippen molar-refractivity contribution in [2.75, 3.05) is 13.2 Å². The summed E-state index contributed by atoms with van der Waals surface area (Å²) in [6.07, 6.45) is 3.05. The molecule has 7 nitrogen and oxygen atoms in total. The van der Waals surface area contributed by atoms with Crippen molar-refractivity contribution in [1.29, 1.82) is 0 Å². The van der Waals surface area contributed by atoms with Crippen molar-refractivity contribution in [2.45, 2.75) is 51.0 Å². The van der Waals surface area contributed by atoms with E-state index in [1.807, 2.05) is 24.3 Å². The second-order valence-electron chi connectivity index (χ2n) is 8.04. The number of carbonyl (C=O) groups is 3. The first-order valence-electron chi connectivity index (χ1n) is 11.1. The van der Waals surface area contributed by atoms with Crippen molar-refractivity contribution in [3.05, 3.63) is 59.7 Å². The van der Waals surface area contributed by atoms with Gasteiger partial charge in [-0.15, -0.1) is 0 Å². The normalized spacial score (nSPS) is 13.0. The molecule has 0 bridgehead atoms. The predicted octanol–water partition coefficient (Wildman–Crippen LogP) is 4.06. The van der Waals surface area contributed by atoms with E-state index in [9.17, 15) is 14.4 Å². The smallest absolute Gasteiger partial charge is 0.407 e. The molecule has 2 aromatic carbocycles. The number of alkyl carbamates (subject to hydrolysis) is 1. The van der Waals surface area contributed by atoms with E-state index in [1.54, 1.807) is 0 Å². The number of fused-ring (bicyclic) bond motifs is 3. The highest BCUT2D eigenvalue weighted by Gasteiger charge is 2.28. The number of hydrogen-bond acceptors (Lipinski definition) is 4. The lowest BCUT2D eigenvalue weighted by Gasteiger charge is -2.14. The van der Waals surface area contributed by atoms with Gasteiger partial charge in [0.1, 0.15) is 12.6 Å². The molecule has 170 valence electrons. The minimum Gasteiger partial charge on any atom is -0.480 e. The van der Waals surface area contributed by atoms with Crippen LogP contribution in [0.25, 0.3) is 11.1 Å². The van der Waals surface area contributed by atoms with Crippen molar-refractivity contribution >= 4 is 18.0 Å². The lowest BCUT2D eigenvalue weighted by molar-refractivity contribution is -0.141. The summed E-state index contributed by atoms with van der Waals surface area (Å²) in [5.41, 5.74) is 4.76. The van der Waals surface area contributed by atoms with Gasteiger partial charge in [-0.1, -0.05) is 61.4 Å². The van der Waals surface area contributed by atoms with Crippen LogP contribution >= 0.6 is 0 Å². The van der Waals surface area contributed by atoms with E-state index in [4.69, 9.17) is 9.84 Å². The van der Waals surface area contributed by atoms with Crippen molar-refractivity contribution in [1.82, 2.24) is 10.6 Å². The van der Waals surface area contributed by atoms with Gasteiger partial charge in [-0.05, 0) is 42.0 Å². The molecule has 7 heteroatoms. The van der Waals surface area contributed by atoms with Crippen molar-refractivity contribution in [3.8, 4) is 11.1 Å². The number of carboxylic acid groups (broad SMARTS) is 1. The van der Waals surface area contributed by atoms with Crippen molar-refractivity contribution < 1.29 is 24.2 Å². The molecule has 1 aliphatic carbocycles. The van der Waals surface area contributed by atoms with Gasteiger partial charge < -0.3 is 20.5 Å². The minimum atomic E-state index is -1.04. The highest BCUT2D eigenvalue weighted by molar-refractivity contribution is 5.83. The molecule has 3 N–H and O–H groups in total. The van der Waals surface area contributed by atoms with E-state index in [0.717, 1.165) is 19.3 Å². The Labute approximate surface area is 188 Å². The molecular weight excluding hydrogens is 408 g/mol. The average molecular weight is 439 g/mol. The summed E-state index contributed by atoms with van der Waals surface area (Å²) in [5.74, 6) is -1.25. The van der Waals surface area contributed by atoms with Crippen LogP contribution in [0.1, 0.15) is 56.1 Å². The molecule has 2 amide bonds. The topological polar surface area (TPSA) is 105 Å². The molecular formula is C25H30N2O5. The van der Waals surface area contributed by atoms with E-state index in [2.05, 4.69) is 34.9 Å². The Morgan fingerprint density at radius 2 is 1.53 bits per heavy atom. The van der Waals surface area contributed by atoms with E-state index in [-0.39, 0.29) is 11.8 Å². The second kappa shape index (κ2) is 11.3. The molecule has 0 aliphatic heterocycles. The van der Waals surface area contributed by atoms with Crippen LogP contribution in [0.15, 0.2) is 48.5 Å². The number of carboxylic acids is 1. The van der Waals surface area contributed by atoms with Crippen LogP contribution < -0.4 is 10.6 Å². The van der Waals surface area contributed by atoms with Crippen LogP contribution in [0, 0.1) is 0 Å². The highest BCUT2D eigenvalue weighted by Crippen LogP contribution is 2.44. The molecule has 0 saturated carbocycles. The van der Waals surface area contributed by atoms with Gasteiger partial charge in [0, 0.05) is 18.9 Å². The largest absolute Gasteiger partial charge is 0.480 e. The molecule has 32 heavy (non-hydrogen) atoms. The van der Waals surface area contributed by atoms with Gasteiger partial charge in [0.25, 0.3) is 0 Å². The van der Waals surface area contributed by atoms with Gasteiger partial charge in [-0.2, -0.15) is 0 Å². The first-order chi connectivity index (χ1) is 15.5. The number of aliphatic carboxylic acids is 1. The Morgan fingerprint density at radius 1 is 0.938 bits per heavy atom. The molecule has 0 fully saturated rings. The third-order valence-electron chi connectivity index (χ3n) is 5.69. The quantitative estimate of drug-likeness (QED) is 0.459. The van der Waals surface area contributed by atoms with Crippen LogP contribution in [-0.2, 0) is 14.3 Å². The van der Waals surface area contributed by atoms with Crippen LogP contribution in [0.4, 0.5) is 4.79 Å². The van der Waals surface area contributed by atoms with Gasteiger partial charge in [0.2, 0.25) is 5.91 Å². The Bertz CT molecular complexity index is 913. The minimum absolute atomic E-state index is 0.0446. The second-order valence-corrected chi connectivity index (χ2v) is 8.04. The molecule has 0 radical (unpaired) electrons. The summed E-state index contributed by atoms with van der Waals surface area (Å²) in [4.78, 5) is 34.5. The Hall–Kier alpha value is -3.35. The Balaban J connectivity index is 1.31. The van der Waals surface area contributed by atoms with Gasteiger partial charge in [-0.3, -0.25) is 9.59 Å². The number of rotatable bonds is 11. The molecule has 1 atom stereocenters. The lowest BCUT2D eigenvalue weighted by atomic mass is 9.98. The standard InChI is InChI=1S/C25H30N2O5/c1-17(24(29)30)27-23(28)14-4-2-3-9-15-26-25(31)32-16-22-20-12-7-5-10-18(20)19-11-6-8-13-21(19)22/h5-8,10-13,17,22H,2-4,9,14-16H2,1H3,(H,26,31)(H,27,28)(H,29,30)/t17-/m0/s1. The monoisotopic (exact) mass is 438 g/mol. The van der Waals surface area contributed by atoms with E-state index in [1.165, 1.54) is 29.2 Å². The van der Waals surface area contributed by atoms with Crippen LogP contribution in [-0.4, -0.2) is 42.3 Å². The number of amides is 2. The van der Waals surface area contributed by atoms with Gasteiger partial charge >= 0.3 is 12.1 Å². The van der Waals surface area contributed by atoms with Crippen molar-refractivity contribution in [3.63, 3.8) is 0 Å². The first kappa shape index (κ1) is 23.3. The van der Waals surface area contributed by atoms with Crippen LogP contribution in [0.2, 0.25) is 0 Å². The molecule has 0 unspecified atom stereocenters. The van der Waals surface area contributed by atoms with E-state index in [0.29, 0.717) is 26.0 Å². The summed E-state index contributed by atoms with van der Waals surface area (Å²) < 4.78 is 5.50. The van der Waals surface area contributed by atoms with Gasteiger partial charge in [-0.25, -0.2) is 4.79 Å². The summed E-state index contributed by atoms with van der Waals surface area (Å²) in [6, 6.07) is 15.6. The maximum Gasteiger partial charge on any atom is 0.407 e. The molecule has 0 saturated heterocycles. The Morgan fingerprint density at radius 3 is 2.16 bits per heavy atom. The summed E-state index contributed by atoms with van der Waals surface area (Å²) in [6.45, 7) is 2.25. The van der Waals surface area contributed by atoms with E-state index < -0.39 is 18.1 Å². The maximum absolute atomic E-state index is 12.1. The zero-order valence-corrected chi connectivity index (χ0v) is 18.3. The fourth-order valence-corrected chi connectivity index (χ4v) is 3.98. The number of unbranched alkanes of at least 4 members (excludes halogenated alkanes) is 3. The fraction of sp³-hybridized carbons (Fsp3) is 0.400. The summed E-state index contributed by atoms with van der Waals surface area (Å²) in [7, 11) is 0. The van der Waals surface area contributed by atoms with Gasteiger partial charge in [0.15, 0.2) is 0 Å². The predicted molar refractivity (Wildman–Crippen MR) is 121 cm³/mol. The first-order valence-corrected chi connectivity index (χ1v) is 11.1. The maximum atomic E-state index is 12.1. The zero-order valence-electron chi connectivity index (χ0n) is 18.3. The number of ether oxygens (including phenoxy) is 1.